The van der Waals surface area contributed by atoms with E-state index in [2.05, 4.69) is 25.2 Å². The molecule has 5 heteroatoms. The van der Waals surface area contributed by atoms with Crippen molar-refractivity contribution in [3.05, 3.63) is 16.0 Å². The zero-order valence-corrected chi connectivity index (χ0v) is 13.6. The average molecular weight is 305 g/mol. The number of amides is 1. The van der Waals surface area contributed by atoms with Crippen LogP contribution in [0.15, 0.2) is 0 Å². The van der Waals surface area contributed by atoms with Crippen LogP contribution in [0.3, 0.4) is 0 Å². The summed E-state index contributed by atoms with van der Waals surface area (Å²) in [5.74, 6) is 0.477. The second kappa shape index (κ2) is 7.06. The maximum Gasteiger partial charge on any atom is 0.241 e. The third kappa shape index (κ3) is 3.63. The molecule has 0 spiro atoms. The molecule has 1 aliphatic carbocycles. The van der Waals surface area contributed by atoms with Gasteiger partial charge in [0.1, 0.15) is 11.1 Å². The molecular formula is C16H23N3OS. The highest BCUT2D eigenvalue weighted by Gasteiger charge is 2.25. The van der Waals surface area contributed by atoms with Crippen molar-refractivity contribution >= 4 is 22.2 Å². The van der Waals surface area contributed by atoms with Gasteiger partial charge in [0, 0.05) is 4.88 Å². The first-order chi connectivity index (χ1) is 10.1. The van der Waals surface area contributed by atoms with Crippen LogP contribution >= 0.6 is 11.3 Å². The molecule has 0 saturated carbocycles. The van der Waals surface area contributed by atoms with Crippen LogP contribution in [0.25, 0.3) is 0 Å². The van der Waals surface area contributed by atoms with Gasteiger partial charge < -0.3 is 11.1 Å². The number of hydrogen-bond donors (Lipinski definition) is 2. The molecule has 0 radical (unpaired) electrons. The van der Waals surface area contributed by atoms with Crippen LogP contribution in [0, 0.1) is 17.2 Å². The molecule has 1 amide bonds. The number of carbonyl (C=O) groups excluding carboxylic acids is 1. The van der Waals surface area contributed by atoms with Gasteiger partial charge in [0.25, 0.3) is 0 Å². The SMILES string of the molecule is CCCCC(N)C(=O)Nc1sc2c(c1C#N)CCC(C)C2. The number of hydrogen-bond acceptors (Lipinski definition) is 4. The molecule has 2 atom stereocenters. The summed E-state index contributed by atoms with van der Waals surface area (Å²) in [6.45, 7) is 4.31. The van der Waals surface area contributed by atoms with E-state index in [-0.39, 0.29) is 5.91 Å². The molecule has 1 aromatic heterocycles. The van der Waals surface area contributed by atoms with Gasteiger partial charge in [0.15, 0.2) is 0 Å². The highest BCUT2D eigenvalue weighted by Crippen LogP contribution is 2.39. The number of nitrogens with two attached hydrogens (primary N) is 1. The molecule has 2 unspecified atom stereocenters. The Balaban J connectivity index is 2.14. The highest BCUT2D eigenvalue weighted by atomic mass is 32.1. The summed E-state index contributed by atoms with van der Waals surface area (Å²) in [7, 11) is 0. The fourth-order valence-corrected chi connectivity index (χ4v) is 4.08. The number of nitrogens with one attached hydrogen (secondary N) is 1. The molecule has 1 heterocycles. The van der Waals surface area contributed by atoms with E-state index in [4.69, 9.17) is 5.73 Å². The lowest BCUT2D eigenvalue weighted by Gasteiger charge is -2.17. The molecule has 1 aromatic rings. The quantitative estimate of drug-likeness (QED) is 0.876. The van der Waals surface area contributed by atoms with Crippen LogP contribution in [-0.4, -0.2) is 11.9 Å². The number of anilines is 1. The van der Waals surface area contributed by atoms with Gasteiger partial charge in [-0.3, -0.25) is 4.79 Å². The lowest BCUT2D eigenvalue weighted by molar-refractivity contribution is -0.117. The highest BCUT2D eigenvalue weighted by molar-refractivity contribution is 7.16. The van der Waals surface area contributed by atoms with Gasteiger partial charge in [-0.05, 0) is 37.2 Å². The van der Waals surface area contributed by atoms with E-state index in [1.807, 2.05) is 0 Å². The molecule has 0 aromatic carbocycles. The fraction of sp³-hybridized carbons (Fsp3) is 0.625. The molecule has 1 aliphatic rings. The molecule has 2 rings (SSSR count). The van der Waals surface area contributed by atoms with Crippen molar-refractivity contribution < 1.29 is 4.79 Å². The molecule has 0 saturated heterocycles. The number of carbonyl (C=O) groups is 1. The molecule has 0 fully saturated rings. The van der Waals surface area contributed by atoms with Gasteiger partial charge in [-0.2, -0.15) is 5.26 Å². The van der Waals surface area contributed by atoms with Crippen molar-refractivity contribution in [1.82, 2.24) is 0 Å². The Labute approximate surface area is 130 Å². The Morgan fingerprint density at radius 2 is 2.38 bits per heavy atom. The molecule has 0 bridgehead atoms. The Morgan fingerprint density at radius 1 is 1.62 bits per heavy atom. The third-order valence-corrected chi connectivity index (χ3v) is 5.24. The normalized spacial score (nSPS) is 18.7. The van der Waals surface area contributed by atoms with Gasteiger partial charge in [-0.1, -0.05) is 26.7 Å². The number of unbranched alkanes of at least 4 members (excludes halogenated alkanes) is 1. The molecular weight excluding hydrogens is 282 g/mol. The van der Waals surface area contributed by atoms with E-state index < -0.39 is 6.04 Å². The lowest BCUT2D eigenvalue weighted by Crippen LogP contribution is -2.35. The predicted octanol–water partition coefficient (Wildman–Crippen LogP) is 3.20. The Kier molecular flexibility index (Phi) is 5.38. The second-order valence-corrected chi connectivity index (χ2v) is 7.01. The summed E-state index contributed by atoms with van der Waals surface area (Å²) in [6, 6.07) is 1.77. The predicted molar refractivity (Wildman–Crippen MR) is 86.4 cm³/mol. The van der Waals surface area contributed by atoms with Crippen molar-refractivity contribution in [1.29, 1.82) is 5.26 Å². The minimum absolute atomic E-state index is 0.174. The summed E-state index contributed by atoms with van der Waals surface area (Å²) in [5, 5.41) is 13.0. The van der Waals surface area contributed by atoms with Crippen LogP contribution in [0.5, 0.6) is 0 Å². The van der Waals surface area contributed by atoms with E-state index in [1.165, 1.54) is 4.88 Å². The number of thiophene rings is 1. The van der Waals surface area contributed by atoms with E-state index in [1.54, 1.807) is 11.3 Å². The molecule has 114 valence electrons. The number of rotatable bonds is 5. The minimum atomic E-state index is -0.491. The van der Waals surface area contributed by atoms with Crippen LogP contribution in [0.4, 0.5) is 5.00 Å². The number of fused-ring (bicyclic) bond motifs is 1. The molecule has 21 heavy (non-hydrogen) atoms. The van der Waals surface area contributed by atoms with Crippen LogP contribution in [0.2, 0.25) is 0 Å². The van der Waals surface area contributed by atoms with E-state index >= 15 is 0 Å². The zero-order valence-electron chi connectivity index (χ0n) is 12.7. The van der Waals surface area contributed by atoms with Gasteiger partial charge in [-0.25, -0.2) is 0 Å². The fourth-order valence-electron chi connectivity index (χ4n) is 2.72. The third-order valence-electron chi connectivity index (χ3n) is 4.07. The summed E-state index contributed by atoms with van der Waals surface area (Å²) in [6.07, 6.45) is 5.71. The van der Waals surface area contributed by atoms with Gasteiger partial charge in [-0.15, -0.1) is 11.3 Å². The Hall–Kier alpha value is -1.38. The lowest BCUT2D eigenvalue weighted by atomic mass is 9.88. The van der Waals surface area contributed by atoms with E-state index in [0.29, 0.717) is 22.9 Å². The first-order valence-corrected chi connectivity index (χ1v) is 8.49. The average Bonchev–Trinajstić information content (AvgIpc) is 2.80. The number of nitrogens with zero attached hydrogens (tertiary/aromatic N) is 1. The maximum absolute atomic E-state index is 12.1. The Bertz CT molecular complexity index is 559. The van der Waals surface area contributed by atoms with Crippen LogP contribution in [-0.2, 0) is 17.6 Å². The maximum atomic E-state index is 12.1. The first kappa shape index (κ1) is 16.0. The second-order valence-electron chi connectivity index (χ2n) is 5.91. The summed E-state index contributed by atoms with van der Waals surface area (Å²) >= 11 is 1.55. The Morgan fingerprint density at radius 3 is 3.05 bits per heavy atom. The standard InChI is InChI=1S/C16H23N3OS/c1-3-4-5-13(18)15(20)19-16-12(9-17)11-7-6-10(2)8-14(11)21-16/h10,13H,3-8,18H2,1-2H3,(H,19,20). The van der Waals surface area contributed by atoms with Crippen molar-refractivity contribution in [2.75, 3.05) is 5.32 Å². The van der Waals surface area contributed by atoms with Gasteiger partial charge in [0.2, 0.25) is 5.91 Å². The van der Waals surface area contributed by atoms with E-state index in [0.717, 1.165) is 37.7 Å². The van der Waals surface area contributed by atoms with Crippen molar-refractivity contribution in [2.45, 2.75) is 58.4 Å². The summed E-state index contributed by atoms with van der Waals surface area (Å²) < 4.78 is 0. The summed E-state index contributed by atoms with van der Waals surface area (Å²) in [4.78, 5) is 13.4. The molecule has 0 aliphatic heterocycles. The monoisotopic (exact) mass is 305 g/mol. The van der Waals surface area contributed by atoms with Crippen molar-refractivity contribution in [2.24, 2.45) is 11.7 Å². The summed E-state index contributed by atoms with van der Waals surface area (Å²) in [5.41, 5.74) is 7.68. The first-order valence-electron chi connectivity index (χ1n) is 7.67. The number of nitriles is 1. The van der Waals surface area contributed by atoms with Crippen molar-refractivity contribution in [3.8, 4) is 6.07 Å². The smallest absolute Gasteiger partial charge is 0.241 e. The minimum Gasteiger partial charge on any atom is -0.320 e. The van der Waals surface area contributed by atoms with Gasteiger partial charge in [0.05, 0.1) is 11.6 Å². The largest absolute Gasteiger partial charge is 0.320 e. The van der Waals surface area contributed by atoms with Crippen molar-refractivity contribution in [3.63, 3.8) is 0 Å². The van der Waals surface area contributed by atoms with Crippen LogP contribution in [0.1, 0.15) is 55.5 Å². The molecule has 4 nitrogen and oxygen atoms in total. The molecule has 3 N–H and O–H groups in total. The zero-order chi connectivity index (χ0) is 15.4. The van der Waals surface area contributed by atoms with Gasteiger partial charge >= 0.3 is 0 Å². The van der Waals surface area contributed by atoms with Crippen LogP contribution < -0.4 is 11.1 Å². The van der Waals surface area contributed by atoms with E-state index in [9.17, 15) is 10.1 Å². The topological polar surface area (TPSA) is 78.9 Å².